The minimum absolute atomic E-state index is 0.0761. The fraction of sp³-hybridized carbons (Fsp3) is 0.172. The van der Waals surface area contributed by atoms with E-state index in [9.17, 15) is 15.2 Å². The molecule has 3 heterocycles. The molecule has 0 saturated heterocycles. The molecule has 0 amide bonds. The first kappa shape index (κ1) is 24.1. The van der Waals surface area contributed by atoms with Gasteiger partial charge >= 0.3 is 0 Å². The average Bonchev–Trinajstić information content (AvgIpc) is 3.25. The van der Waals surface area contributed by atoms with Gasteiger partial charge in [0.15, 0.2) is 0 Å². The quantitative estimate of drug-likeness (QED) is 0.373. The van der Waals surface area contributed by atoms with Gasteiger partial charge in [-0.15, -0.1) is 0 Å². The van der Waals surface area contributed by atoms with Crippen molar-refractivity contribution >= 4 is 27.9 Å². The SMILES string of the molecule is C=Cc1ccc2c(C#N)cn(-c3cccc(-n4ncc5cc(C(C)(C)C)cc(F)c5c4=O)c3CO)c2n1. The molecule has 7 nitrogen and oxygen atoms in total. The topological polar surface area (TPSA) is 96.7 Å². The van der Waals surface area contributed by atoms with Crippen LogP contribution in [0.4, 0.5) is 4.39 Å². The molecule has 184 valence electrons. The van der Waals surface area contributed by atoms with E-state index in [0.29, 0.717) is 44.6 Å². The van der Waals surface area contributed by atoms with Crippen LogP contribution in [0, 0.1) is 17.1 Å². The van der Waals surface area contributed by atoms with E-state index in [1.54, 1.807) is 53.2 Å². The number of fused-ring (bicyclic) bond motifs is 2. The summed E-state index contributed by atoms with van der Waals surface area (Å²) in [5.41, 5.74) is 2.53. The molecule has 0 aliphatic heterocycles. The van der Waals surface area contributed by atoms with Crippen LogP contribution < -0.4 is 5.56 Å². The number of aromatic nitrogens is 4. The van der Waals surface area contributed by atoms with Crippen LogP contribution >= 0.6 is 0 Å². The van der Waals surface area contributed by atoms with Crippen LogP contribution in [-0.2, 0) is 12.0 Å². The van der Waals surface area contributed by atoms with Crippen molar-refractivity contribution in [3.63, 3.8) is 0 Å². The van der Waals surface area contributed by atoms with E-state index >= 15 is 4.39 Å². The lowest BCUT2D eigenvalue weighted by Crippen LogP contribution is -2.24. The van der Waals surface area contributed by atoms with Gasteiger partial charge in [-0.3, -0.25) is 9.36 Å². The highest BCUT2D eigenvalue weighted by atomic mass is 19.1. The molecule has 0 aliphatic carbocycles. The molecule has 0 aliphatic rings. The molecule has 0 atom stereocenters. The normalized spacial score (nSPS) is 11.7. The van der Waals surface area contributed by atoms with Crippen molar-refractivity contribution in [2.75, 3.05) is 0 Å². The van der Waals surface area contributed by atoms with Gasteiger partial charge in [-0.2, -0.15) is 15.0 Å². The number of pyridine rings is 1. The largest absolute Gasteiger partial charge is 0.392 e. The number of hydrogen-bond acceptors (Lipinski definition) is 5. The number of hydrogen-bond donors (Lipinski definition) is 1. The smallest absolute Gasteiger partial charge is 0.282 e. The van der Waals surface area contributed by atoms with Crippen molar-refractivity contribution in [2.24, 2.45) is 0 Å². The number of halogens is 1. The number of benzene rings is 2. The Hall–Kier alpha value is -4.61. The first-order valence-electron chi connectivity index (χ1n) is 11.7. The molecular weight excluding hydrogens is 469 g/mol. The Bertz CT molecular complexity index is 1820. The highest BCUT2D eigenvalue weighted by molar-refractivity contribution is 5.86. The zero-order valence-electron chi connectivity index (χ0n) is 20.7. The van der Waals surface area contributed by atoms with Crippen molar-refractivity contribution in [1.29, 1.82) is 5.26 Å². The van der Waals surface area contributed by atoms with Crippen LogP contribution in [0.5, 0.6) is 0 Å². The van der Waals surface area contributed by atoms with E-state index in [0.717, 1.165) is 10.2 Å². The van der Waals surface area contributed by atoms with Crippen LogP contribution in [0.1, 0.15) is 43.2 Å². The summed E-state index contributed by atoms with van der Waals surface area (Å²) >= 11 is 0. The first-order valence-corrected chi connectivity index (χ1v) is 11.7. The Morgan fingerprint density at radius 3 is 2.62 bits per heavy atom. The third kappa shape index (κ3) is 3.90. The number of nitrogens with zero attached hydrogens (tertiary/aromatic N) is 5. The van der Waals surface area contributed by atoms with Crippen LogP contribution in [0.2, 0.25) is 0 Å². The van der Waals surface area contributed by atoms with Crippen molar-refractivity contribution in [3.05, 3.63) is 100.0 Å². The Morgan fingerprint density at radius 2 is 1.95 bits per heavy atom. The monoisotopic (exact) mass is 493 g/mol. The van der Waals surface area contributed by atoms with Gasteiger partial charge in [-0.25, -0.2) is 9.37 Å². The lowest BCUT2D eigenvalue weighted by molar-refractivity contribution is 0.281. The van der Waals surface area contributed by atoms with Crippen LogP contribution in [-0.4, -0.2) is 24.4 Å². The predicted molar refractivity (Wildman–Crippen MR) is 141 cm³/mol. The van der Waals surface area contributed by atoms with Gasteiger partial charge in [0.25, 0.3) is 5.56 Å². The third-order valence-electron chi connectivity index (χ3n) is 6.48. The number of nitriles is 1. The second-order valence-electron chi connectivity index (χ2n) is 9.80. The maximum absolute atomic E-state index is 15.2. The molecule has 0 fully saturated rings. The highest BCUT2D eigenvalue weighted by Gasteiger charge is 2.21. The molecular formula is C29H24FN5O2. The Balaban J connectivity index is 1.77. The summed E-state index contributed by atoms with van der Waals surface area (Å²) in [7, 11) is 0. The zero-order chi connectivity index (χ0) is 26.5. The summed E-state index contributed by atoms with van der Waals surface area (Å²) in [4.78, 5) is 18.1. The fourth-order valence-electron chi connectivity index (χ4n) is 4.49. The Labute approximate surface area is 212 Å². The molecule has 2 aromatic carbocycles. The van der Waals surface area contributed by atoms with Gasteiger partial charge in [0.05, 0.1) is 40.8 Å². The van der Waals surface area contributed by atoms with Crippen molar-refractivity contribution in [2.45, 2.75) is 32.8 Å². The molecule has 3 aromatic heterocycles. The first-order chi connectivity index (χ1) is 17.7. The lowest BCUT2D eigenvalue weighted by atomic mass is 9.86. The summed E-state index contributed by atoms with van der Waals surface area (Å²) in [6.07, 6.45) is 4.69. The van der Waals surface area contributed by atoms with Crippen LogP contribution in [0.25, 0.3) is 39.3 Å². The molecule has 5 aromatic rings. The van der Waals surface area contributed by atoms with Gasteiger partial charge in [0.1, 0.15) is 17.5 Å². The maximum atomic E-state index is 15.2. The lowest BCUT2D eigenvalue weighted by Gasteiger charge is -2.20. The molecule has 8 heteroatoms. The maximum Gasteiger partial charge on any atom is 0.282 e. The zero-order valence-corrected chi connectivity index (χ0v) is 20.7. The molecule has 0 spiro atoms. The van der Waals surface area contributed by atoms with Gasteiger partial charge in [0.2, 0.25) is 0 Å². The number of rotatable bonds is 4. The van der Waals surface area contributed by atoms with Gasteiger partial charge < -0.3 is 5.11 Å². The van der Waals surface area contributed by atoms with Crippen LogP contribution in [0.3, 0.4) is 0 Å². The van der Waals surface area contributed by atoms with E-state index < -0.39 is 18.0 Å². The standard InChI is InChI=1S/C29H24FN5O2/c1-5-20-9-10-21-18(13-31)15-34(27(21)33-20)24-7-6-8-25(22(24)16-36)35-28(37)26-17(14-32-35)11-19(12-23(26)30)29(2,3)4/h5-12,14-15,36H,1,16H2,2-4H3. The van der Waals surface area contributed by atoms with E-state index in [4.69, 9.17) is 0 Å². The molecule has 0 bridgehead atoms. The van der Waals surface area contributed by atoms with Gasteiger partial charge in [0, 0.05) is 22.5 Å². The minimum atomic E-state index is -0.635. The fourth-order valence-corrected chi connectivity index (χ4v) is 4.49. The molecule has 5 rings (SSSR count). The summed E-state index contributed by atoms with van der Waals surface area (Å²) in [6.45, 7) is 9.23. The number of aliphatic hydroxyl groups is 1. The van der Waals surface area contributed by atoms with Crippen molar-refractivity contribution < 1.29 is 9.50 Å². The second-order valence-corrected chi connectivity index (χ2v) is 9.80. The predicted octanol–water partition coefficient (Wildman–Crippen LogP) is 5.17. The molecule has 0 unspecified atom stereocenters. The van der Waals surface area contributed by atoms with Gasteiger partial charge in [-0.1, -0.05) is 33.4 Å². The Morgan fingerprint density at radius 1 is 1.19 bits per heavy atom. The average molecular weight is 494 g/mol. The summed E-state index contributed by atoms with van der Waals surface area (Å²) in [5.74, 6) is -0.624. The number of aliphatic hydroxyl groups excluding tert-OH is 1. The molecule has 0 saturated carbocycles. The van der Waals surface area contributed by atoms with E-state index in [2.05, 4.69) is 22.7 Å². The highest BCUT2D eigenvalue weighted by Crippen LogP contribution is 2.30. The summed E-state index contributed by atoms with van der Waals surface area (Å²) in [5, 5.41) is 25.4. The second kappa shape index (κ2) is 8.80. The molecule has 0 radical (unpaired) electrons. The minimum Gasteiger partial charge on any atom is -0.392 e. The molecule has 37 heavy (non-hydrogen) atoms. The van der Waals surface area contributed by atoms with Crippen molar-refractivity contribution in [3.8, 4) is 17.4 Å². The molecule has 1 N–H and O–H groups in total. The van der Waals surface area contributed by atoms with E-state index in [1.165, 1.54) is 12.3 Å². The summed E-state index contributed by atoms with van der Waals surface area (Å²) < 4.78 is 18.0. The van der Waals surface area contributed by atoms with Gasteiger partial charge in [-0.05, 0) is 53.5 Å². The third-order valence-corrected chi connectivity index (χ3v) is 6.48. The van der Waals surface area contributed by atoms with Crippen LogP contribution in [0.15, 0.2) is 66.2 Å². The van der Waals surface area contributed by atoms with E-state index in [1.807, 2.05) is 20.8 Å². The summed E-state index contributed by atoms with van der Waals surface area (Å²) in [6, 6.07) is 14.0. The Kier molecular flexibility index (Phi) is 5.73. The van der Waals surface area contributed by atoms with E-state index in [-0.39, 0.29) is 10.8 Å². The van der Waals surface area contributed by atoms with Crippen molar-refractivity contribution in [1.82, 2.24) is 19.3 Å².